The molecule has 0 bridgehead atoms. The number of carbonyl (C=O) groups excluding carboxylic acids is 1. The number of rotatable bonds is 6. The molecule has 168 valence electrons. The lowest BCUT2D eigenvalue weighted by atomic mass is 10.1. The lowest BCUT2D eigenvalue weighted by molar-refractivity contribution is 0.0942. The van der Waals surface area contributed by atoms with E-state index in [4.69, 9.17) is 21.2 Å². The van der Waals surface area contributed by atoms with Crippen LogP contribution in [0.2, 0.25) is 5.02 Å². The molecule has 5 aromatic rings. The van der Waals surface area contributed by atoms with Crippen molar-refractivity contribution in [3.63, 3.8) is 0 Å². The van der Waals surface area contributed by atoms with Crippen LogP contribution in [-0.2, 0) is 6.54 Å². The molecule has 1 N–H and O–H groups in total. The van der Waals surface area contributed by atoms with Crippen molar-refractivity contribution in [2.24, 2.45) is 0 Å². The number of nitrogens with zero attached hydrogens (tertiary/aromatic N) is 3. The number of hydrogen-bond acceptors (Lipinski definition) is 4. The van der Waals surface area contributed by atoms with Gasteiger partial charge in [-0.15, -0.1) is 0 Å². The van der Waals surface area contributed by atoms with Crippen LogP contribution in [0.3, 0.4) is 0 Å². The van der Waals surface area contributed by atoms with Crippen LogP contribution >= 0.6 is 11.6 Å². The van der Waals surface area contributed by atoms with Crippen molar-refractivity contribution in [3.8, 4) is 28.3 Å². The fourth-order valence-corrected chi connectivity index (χ4v) is 3.63. The number of halogens is 2. The summed E-state index contributed by atoms with van der Waals surface area (Å²) in [5, 5.41) is 12.1. The minimum atomic E-state index is -0.397. The lowest BCUT2D eigenvalue weighted by Gasteiger charge is -2.04. The molecule has 1 amide bonds. The first-order chi connectivity index (χ1) is 16.6. The Kier molecular flexibility index (Phi) is 5.93. The Morgan fingerprint density at radius 1 is 0.971 bits per heavy atom. The fraction of sp³-hybridized carbons (Fsp3) is 0.0385. The van der Waals surface area contributed by atoms with Gasteiger partial charge in [0, 0.05) is 40.5 Å². The molecule has 0 aliphatic carbocycles. The molecule has 0 radical (unpaired) electrons. The summed E-state index contributed by atoms with van der Waals surface area (Å²) in [7, 11) is 0. The maximum atomic E-state index is 13.2. The van der Waals surface area contributed by atoms with Gasteiger partial charge >= 0.3 is 0 Å². The minimum Gasteiger partial charge on any atom is -0.355 e. The van der Waals surface area contributed by atoms with Crippen molar-refractivity contribution in [2.45, 2.75) is 6.54 Å². The van der Waals surface area contributed by atoms with Crippen molar-refractivity contribution in [2.75, 3.05) is 0 Å². The van der Waals surface area contributed by atoms with E-state index < -0.39 is 5.91 Å². The number of para-hydroxylation sites is 1. The number of amides is 1. The molecule has 0 atom stereocenters. The van der Waals surface area contributed by atoms with Crippen molar-refractivity contribution >= 4 is 17.5 Å². The normalized spacial score (nSPS) is 10.9. The van der Waals surface area contributed by atoms with E-state index in [0.29, 0.717) is 16.3 Å². The highest BCUT2D eigenvalue weighted by molar-refractivity contribution is 6.30. The standard InChI is InChI=1S/C26H18ClFN4O2/c27-20-10-6-18(7-11-20)25-19(16-32(30-25)22-4-2-1-3-5-22)15-29-26(33)23-14-24(34-31-23)17-8-12-21(28)13-9-17/h1-14,16H,15H2,(H,29,33). The van der Waals surface area contributed by atoms with E-state index in [9.17, 15) is 9.18 Å². The third-order valence-electron chi connectivity index (χ3n) is 5.24. The van der Waals surface area contributed by atoms with Crippen molar-refractivity contribution in [3.05, 3.63) is 113 Å². The molecule has 34 heavy (non-hydrogen) atoms. The van der Waals surface area contributed by atoms with Gasteiger partial charge in [-0.05, 0) is 48.5 Å². The zero-order chi connectivity index (χ0) is 23.5. The van der Waals surface area contributed by atoms with Crippen LogP contribution in [-0.4, -0.2) is 20.8 Å². The minimum absolute atomic E-state index is 0.128. The van der Waals surface area contributed by atoms with E-state index in [2.05, 4.69) is 10.5 Å². The Morgan fingerprint density at radius 2 is 1.68 bits per heavy atom. The molecule has 0 spiro atoms. The molecule has 0 aliphatic rings. The summed E-state index contributed by atoms with van der Waals surface area (Å²) < 4.78 is 20.2. The van der Waals surface area contributed by atoms with Crippen molar-refractivity contribution in [1.29, 1.82) is 0 Å². The number of benzene rings is 3. The Hall–Kier alpha value is -4.23. The predicted molar refractivity (Wildman–Crippen MR) is 127 cm³/mol. The van der Waals surface area contributed by atoms with Crippen molar-refractivity contribution < 1.29 is 13.7 Å². The maximum absolute atomic E-state index is 13.2. The first kappa shape index (κ1) is 21.6. The quantitative estimate of drug-likeness (QED) is 0.333. The van der Waals surface area contributed by atoms with E-state index >= 15 is 0 Å². The smallest absolute Gasteiger partial charge is 0.273 e. The number of nitrogens with one attached hydrogen (secondary N) is 1. The average molecular weight is 473 g/mol. The summed E-state index contributed by atoms with van der Waals surface area (Å²) in [5.74, 6) is -0.371. The number of hydrogen-bond donors (Lipinski definition) is 1. The fourth-order valence-electron chi connectivity index (χ4n) is 3.50. The van der Waals surface area contributed by atoms with Gasteiger partial charge in [0.1, 0.15) is 5.82 Å². The number of aromatic nitrogens is 3. The average Bonchev–Trinajstić information content (AvgIpc) is 3.52. The third kappa shape index (κ3) is 4.60. The maximum Gasteiger partial charge on any atom is 0.273 e. The summed E-state index contributed by atoms with van der Waals surface area (Å²) in [5.41, 5.74) is 4.08. The van der Waals surface area contributed by atoms with E-state index in [1.807, 2.05) is 48.7 Å². The Morgan fingerprint density at radius 3 is 2.41 bits per heavy atom. The summed E-state index contributed by atoms with van der Waals surface area (Å²) >= 11 is 6.05. The highest BCUT2D eigenvalue weighted by atomic mass is 35.5. The topological polar surface area (TPSA) is 73.0 Å². The van der Waals surface area contributed by atoms with Gasteiger partial charge in [-0.25, -0.2) is 9.07 Å². The van der Waals surface area contributed by atoms with Gasteiger partial charge in [0.25, 0.3) is 5.91 Å². The summed E-state index contributed by atoms with van der Waals surface area (Å²) in [6.45, 7) is 0.225. The molecule has 2 aromatic heterocycles. The Balaban J connectivity index is 1.38. The van der Waals surface area contributed by atoms with E-state index in [0.717, 1.165) is 22.5 Å². The Labute approximate surface area is 199 Å². The van der Waals surface area contributed by atoms with Crippen molar-refractivity contribution in [1.82, 2.24) is 20.3 Å². The van der Waals surface area contributed by atoms with Crippen LogP contribution in [0.25, 0.3) is 28.3 Å². The highest BCUT2D eigenvalue weighted by Gasteiger charge is 2.17. The zero-order valence-corrected chi connectivity index (χ0v) is 18.5. The van der Waals surface area contributed by atoms with E-state index in [1.54, 1.807) is 28.9 Å². The van der Waals surface area contributed by atoms with Crippen LogP contribution < -0.4 is 5.32 Å². The molecule has 5 rings (SSSR count). The summed E-state index contributed by atoms with van der Waals surface area (Å²) in [6.07, 6.45) is 1.88. The van der Waals surface area contributed by atoms with Crippen LogP contribution in [0.4, 0.5) is 4.39 Å². The van der Waals surface area contributed by atoms with Gasteiger partial charge in [0.05, 0.1) is 11.4 Å². The molecule has 8 heteroatoms. The second-order valence-electron chi connectivity index (χ2n) is 7.56. The van der Waals surface area contributed by atoms with Crippen LogP contribution in [0, 0.1) is 5.82 Å². The van der Waals surface area contributed by atoms with Crippen LogP contribution in [0.15, 0.2) is 95.6 Å². The molecule has 0 aliphatic heterocycles. The molecule has 6 nitrogen and oxygen atoms in total. The van der Waals surface area contributed by atoms with Crippen LogP contribution in [0.1, 0.15) is 16.1 Å². The van der Waals surface area contributed by atoms with Gasteiger partial charge < -0.3 is 9.84 Å². The molecule has 0 unspecified atom stereocenters. The molecule has 0 saturated heterocycles. The van der Waals surface area contributed by atoms with E-state index in [-0.39, 0.29) is 18.1 Å². The predicted octanol–water partition coefficient (Wildman–Crippen LogP) is 5.92. The zero-order valence-electron chi connectivity index (χ0n) is 17.8. The van der Waals surface area contributed by atoms with Gasteiger partial charge in [0.15, 0.2) is 11.5 Å². The molecule has 0 fully saturated rings. The second-order valence-corrected chi connectivity index (χ2v) is 7.99. The first-order valence-electron chi connectivity index (χ1n) is 10.5. The summed E-state index contributed by atoms with van der Waals surface area (Å²) in [4.78, 5) is 12.7. The lowest BCUT2D eigenvalue weighted by Crippen LogP contribution is -2.23. The molecular weight excluding hydrogens is 455 g/mol. The molecule has 2 heterocycles. The van der Waals surface area contributed by atoms with Gasteiger partial charge in [-0.3, -0.25) is 4.79 Å². The van der Waals surface area contributed by atoms with E-state index in [1.165, 1.54) is 18.2 Å². The van der Waals surface area contributed by atoms with Gasteiger partial charge in [0.2, 0.25) is 0 Å². The largest absolute Gasteiger partial charge is 0.355 e. The summed E-state index contributed by atoms with van der Waals surface area (Å²) in [6, 6.07) is 24.4. The third-order valence-corrected chi connectivity index (χ3v) is 5.49. The number of carbonyl (C=O) groups is 1. The van der Waals surface area contributed by atoms with Gasteiger partial charge in [-0.1, -0.05) is 47.1 Å². The second kappa shape index (κ2) is 9.33. The van der Waals surface area contributed by atoms with Crippen LogP contribution in [0.5, 0.6) is 0 Å². The Bertz CT molecular complexity index is 1430. The monoisotopic (exact) mass is 472 g/mol. The highest BCUT2D eigenvalue weighted by Crippen LogP contribution is 2.26. The SMILES string of the molecule is O=C(NCc1cn(-c2ccccc2)nc1-c1ccc(Cl)cc1)c1cc(-c2ccc(F)cc2)on1. The first-order valence-corrected chi connectivity index (χ1v) is 10.9. The molecule has 0 saturated carbocycles. The molecular formula is C26H18ClFN4O2. The molecule has 3 aromatic carbocycles. The van der Waals surface area contributed by atoms with Gasteiger partial charge in [-0.2, -0.15) is 5.10 Å².